The van der Waals surface area contributed by atoms with Gasteiger partial charge >= 0.3 is 0 Å². The standard InChI is InChI=1S/C21H35N3OS/c1-5-22(6-2)12-13-23-14-19-16(3)17(4)26-21(19)24(15-23)20(25)18-10-8-7-9-11-18/h18H,5-15H2,1-4H3. The molecule has 1 fully saturated rings. The summed E-state index contributed by atoms with van der Waals surface area (Å²) in [6.07, 6.45) is 5.87. The van der Waals surface area contributed by atoms with Crippen LogP contribution in [0.1, 0.15) is 62.0 Å². The maximum absolute atomic E-state index is 13.3. The van der Waals surface area contributed by atoms with Crippen molar-refractivity contribution in [3.05, 3.63) is 16.0 Å². The van der Waals surface area contributed by atoms with Crippen LogP contribution >= 0.6 is 11.3 Å². The number of likely N-dealkylation sites (N-methyl/N-ethyl adjacent to an activating group) is 1. The summed E-state index contributed by atoms with van der Waals surface area (Å²) in [4.78, 5) is 21.8. The number of nitrogens with zero attached hydrogens (tertiary/aromatic N) is 3. The second-order valence-electron chi connectivity index (χ2n) is 7.89. The molecule has 0 bridgehead atoms. The van der Waals surface area contributed by atoms with E-state index in [1.165, 1.54) is 40.3 Å². The van der Waals surface area contributed by atoms with Crippen LogP contribution in [0.25, 0.3) is 0 Å². The Hall–Kier alpha value is -0.910. The lowest BCUT2D eigenvalue weighted by molar-refractivity contribution is -0.124. The van der Waals surface area contributed by atoms with Gasteiger partial charge in [0.15, 0.2) is 0 Å². The molecule has 0 unspecified atom stereocenters. The molecule has 0 spiro atoms. The quantitative estimate of drug-likeness (QED) is 0.735. The average molecular weight is 378 g/mol. The molecule has 0 atom stereocenters. The third-order valence-corrected chi connectivity index (χ3v) is 7.58. The van der Waals surface area contributed by atoms with Crippen LogP contribution in [-0.4, -0.2) is 48.6 Å². The van der Waals surface area contributed by atoms with Gasteiger partial charge in [0.25, 0.3) is 0 Å². The molecule has 1 aromatic heterocycles. The monoisotopic (exact) mass is 377 g/mol. The lowest BCUT2D eigenvalue weighted by Crippen LogP contribution is -2.49. The van der Waals surface area contributed by atoms with Crippen LogP contribution < -0.4 is 4.90 Å². The van der Waals surface area contributed by atoms with Crippen LogP contribution in [0.5, 0.6) is 0 Å². The Bertz CT molecular complexity index is 617. The molecule has 0 aromatic carbocycles. The molecule has 1 aromatic rings. The van der Waals surface area contributed by atoms with E-state index >= 15 is 0 Å². The topological polar surface area (TPSA) is 26.8 Å². The molecular weight excluding hydrogens is 342 g/mol. The first-order chi connectivity index (χ1) is 12.5. The Kier molecular flexibility index (Phi) is 6.76. The third kappa shape index (κ3) is 4.15. The van der Waals surface area contributed by atoms with Crippen molar-refractivity contribution in [2.45, 2.75) is 66.3 Å². The zero-order chi connectivity index (χ0) is 18.7. The van der Waals surface area contributed by atoms with E-state index in [2.05, 4.69) is 42.4 Å². The smallest absolute Gasteiger partial charge is 0.231 e. The number of thiophene rings is 1. The van der Waals surface area contributed by atoms with Gasteiger partial charge in [-0.25, -0.2) is 0 Å². The first-order valence-corrected chi connectivity index (χ1v) is 11.2. The number of rotatable bonds is 6. The normalized spacial score (nSPS) is 19.2. The molecule has 1 aliphatic carbocycles. The van der Waals surface area contributed by atoms with Gasteiger partial charge in [-0.3, -0.25) is 14.6 Å². The number of fused-ring (bicyclic) bond motifs is 1. The summed E-state index contributed by atoms with van der Waals surface area (Å²) in [6.45, 7) is 14.9. The summed E-state index contributed by atoms with van der Waals surface area (Å²) in [7, 11) is 0. The molecule has 1 aliphatic heterocycles. The van der Waals surface area contributed by atoms with Crippen molar-refractivity contribution >= 4 is 22.2 Å². The van der Waals surface area contributed by atoms with Gasteiger partial charge in [-0.15, -0.1) is 11.3 Å². The summed E-state index contributed by atoms with van der Waals surface area (Å²) < 4.78 is 0. The lowest BCUT2D eigenvalue weighted by Gasteiger charge is -2.38. The third-order valence-electron chi connectivity index (χ3n) is 6.30. The Morgan fingerprint density at radius 3 is 2.50 bits per heavy atom. The molecule has 26 heavy (non-hydrogen) atoms. The number of hydrogen-bond acceptors (Lipinski definition) is 4. The first kappa shape index (κ1) is 19.8. The highest BCUT2D eigenvalue weighted by atomic mass is 32.1. The molecule has 1 saturated carbocycles. The SMILES string of the molecule is CCN(CC)CCN1Cc2c(sc(C)c2C)N(C(=O)C2CCCCC2)C1. The van der Waals surface area contributed by atoms with Crippen molar-refractivity contribution in [2.75, 3.05) is 37.7 Å². The highest BCUT2D eigenvalue weighted by Crippen LogP contribution is 2.40. The molecule has 2 heterocycles. The maximum Gasteiger partial charge on any atom is 0.231 e. The molecule has 3 rings (SSSR count). The van der Waals surface area contributed by atoms with Crippen molar-refractivity contribution in [1.82, 2.24) is 9.80 Å². The Morgan fingerprint density at radius 2 is 1.85 bits per heavy atom. The minimum atomic E-state index is 0.238. The van der Waals surface area contributed by atoms with Gasteiger partial charge in [0.1, 0.15) is 5.00 Å². The highest BCUT2D eigenvalue weighted by Gasteiger charge is 2.34. The number of aryl methyl sites for hydroxylation is 1. The average Bonchev–Trinajstić information content (AvgIpc) is 2.96. The number of carbonyl (C=O) groups excluding carboxylic acids is 1. The van der Waals surface area contributed by atoms with Gasteiger partial charge in [0.05, 0.1) is 6.67 Å². The summed E-state index contributed by atoms with van der Waals surface area (Å²) in [5.41, 5.74) is 2.78. The predicted molar refractivity (Wildman–Crippen MR) is 111 cm³/mol. The van der Waals surface area contributed by atoms with E-state index in [9.17, 15) is 4.79 Å². The maximum atomic E-state index is 13.3. The summed E-state index contributed by atoms with van der Waals surface area (Å²) in [6, 6.07) is 0. The highest BCUT2D eigenvalue weighted by molar-refractivity contribution is 7.16. The van der Waals surface area contributed by atoms with Crippen molar-refractivity contribution < 1.29 is 4.79 Å². The van der Waals surface area contributed by atoms with Crippen LogP contribution in [0, 0.1) is 19.8 Å². The molecule has 4 nitrogen and oxygen atoms in total. The van der Waals surface area contributed by atoms with Gasteiger partial charge in [0, 0.05) is 36.0 Å². The van der Waals surface area contributed by atoms with Gasteiger partial charge in [-0.05, 0) is 45.3 Å². The van der Waals surface area contributed by atoms with Crippen LogP contribution in [0.2, 0.25) is 0 Å². The summed E-state index contributed by atoms with van der Waals surface area (Å²) >= 11 is 1.82. The van der Waals surface area contributed by atoms with Gasteiger partial charge in [-0.1, -0.05) is 33.1 Å². The van der Waals surface area contributed by atoms with Gasteiger partial charge in [-0.2, -0.15) is 0 Å². The van der Waals surface area contributed by atoms with Gasteiger partial charge in [0.2, 0.25) is 5.91 Å². The van der Waals surface area contributed by atoms with Crippen molar-refractivity contribution in [2.24, 2.45) is 5.92 Å². The lowest BCUT2D eigenvalue weighted by atomic mass is 9.88. The first-order valence-electron chi connectivity index (χ1n) is 10.4. The molecule has 0 saturated heterocycles. The van der Waals surface area contributed by atoms with Crippen molar-refractivity contribution in [3.8, 4) is 0 Å². The number of amides is 1. The van der Waals surface area contributed by atoms with Crippen LogP contribution in [0.3, 0.4) is 0 Å². The molecule has 0 N–H and O–H groups in total. The second kappa shape index (κ2) is 8.85. The van der Waals surface area contributed by atoms with E-state index < -0.39 is 0 Å². The molecular formula is C21H35N3OS. The Balaban J connectivity index is 1.78. The van der Waals surface area contributed by atoms with E-state index in [0.29, 0.717) is 5.91 Å². The molecule has 146 valence electrons. The zero-order valence-corrected chi connectivity index (χ0v) is 17.8. The predicted octanol–water partition coefficient (Wildman–Crippen LogP) is 4.39. The molecule has 0 radical (unpaired) electrons. The molecule has 5 heteroatoms. The molecule has 1 amide bonds. The second-order valence-corrected chi connectivity index (χ2v) is 9.09. The number of hydrogen-bond donors (Lipinski definition) is 0. The number of carbonyl (C=O) groups is 1. The largest absolute Gasteiger partial charge is 0.303 e. The Labute approximate surface area is 163 Å². The van der Waals surface area contributed by atoms with E-state index in [-0.39, 0.29) is 5.92 Å². The van der Waals surface area contributed by atoms with Crippen molar-refractivity contribution in [1.29, 1.82) is 0 Å². The molecule has 2 aliphatic rings. The van der Waals surface area contributed by atoms with Crippen molar-refractivity contribution in [3.63, 3.8) is 0 Å². The summed E-state index contributed by atoms with van der Waals surface area (Å²) in [5, 5.41) is 1.23. The van der Waals surface area contributed by atoms with E-state index in [1.54, 1.807) is 0 Å². The van der Waals surface area contributed by atoms with E-state index in [0.717, 1.165) is 52.2 Å². The fraction of sp³-hybridized carbons (Fsp3) is 0.762. The summed E-state index contributed by atoms with van der Waals surface area (Å²) in [5.74, 6) is 0.613. The minimum absolute atomic E-state index is 0.238. The van der Waals surface area contributed by atoms with E-state index in [4.69, 9.17) is 0 Å². The Morgan fingerprint density at radius 1 is 1.15 bits per heavy atom. The zero-order valence-electron chi connectivity index (χ0n) is 17.0. The van der Waals surface area contributed by atoms with E-state index in [1.807, 2.05) is 11.3 Å². The fourth-order valence-electron chi connectivity index (χ4n) is 4.31. The van der Waals surface area contributed by atoms with Crippen LogP contribution in [-0.2, 0) is 11.3 Å². The number of anilines is 1. The van der Waals surface area contributed by atoms with Crippen LogP contribution in [0.4, 0.5) is 5.00 Å². The fourth-order valence-corrected chi connectivity index (χ4v) is 5.48. The van der Waals surface area contributed by atoms with Crippen LogP contribution in [0.15, 0.2) is 0 Å². The minimum Gasteiger partial charge on any atom is -0.303 e. The van der Waals surface area contributed by atoms with Gasteiger partial charge < -0.3 is 4.90 Å².